The van der Waals surface area contributed by atoms with Gasteiger partial charge in [-0.3, -0.25) is 0 Å². The topological polar surface area (TPSA) is 57.7 Å². The second-order valence-electron chi connectivity index (χ2n) is 4.85. The second-order valence-corrected chi connectivity index (χ2v) is 4.85. The number of aromatic amines is 1. The van der Waals surface area contributed by atoms with Gasteiger partial charge in [-0.25, -0.2) is 15.0 Å². The van der Waals surface area contributed by atoms with E-state index in [1.54, 1.807) is 12.7 Å². The molecule has 1 aliphatic heterocycles. The van der Waals surface area contributed by atoms with Gasteiger partial charge in [-0.05, 0) is 25.0 Å². The molecule has 1 N–H and O–H groups in total. The Morgan fingerprint density at radius 1 is 1.21 bits per heavy atom. The molecule has 5 heteroatoms. The maximum Gasteiger partial charge on any atom is 0.182 e. The average molecular weight is 251 g/mol. The summed E-state index contributed by atoms with van der Waals surface area (Å²) in [6.07, 6.45) is 4.28. The van der Waals surface area contributed by atoms with Crippen molar-refractivity contribution in [2.45, 2.75) is 19.4 Å². The number of nitrogens with one attached hydrogen (secondary N) is 1. The van der Waals surface area contributed by atoms with Crippen molar-refractivity contribution in [2.75, 3.05) is 4.90 Å². The number of anilines is 2. The average Bonchev–Trinajstić information content (AvgIpc) is 3.01. The molecule has 0 amide bonds. The first-order valence-corrected chi connectivity index (χ1v) is 6.36. The van der Waals surface area contributed by atoms with E-state index in [1.165, 1.54) is 11.3 Å². The first kappa shape index (κ1) is 10.5. The highest BCUT2D eigenvalue weighted by atomic mass is 15.3. The summed E-state index contributed by atoms with van der Waals surface area (Å²) in [4.78, 5) is 18.2. The van der Waals surface area contributed by atoms with Crippen molar-refractivity contribution in [2.24, 2.45) is 0 Å². The van der Waals surface area contributed by atoms with Gasteiger partial charge in [-0.2, -0.15) is 0 Å². The fourth-order valence-corrected chi connectivity index (χ4v) is 2.82. The van der Waals surface area contributed by atoms with Gasteiger partial charge >= 0.3 is 0 Å². The zero-order valence-corrected chi connectivity index (χ0v) is 10.5. The van der Waals surface area contributed by atoms with E-state index in [0.717, 1.165) is 17.8 Å². The lowest BCUT2D eigenvalue weighted by atomic mass is 10.1. The van der Waals surface area contributed by atoms with Gasteiger partial charge in [0.25, 0.3) is 0 Å². The van der Waals surface area contributed by atoms with Crippen molar-refractivity contribution in [3.05, 3.63) is 42.5 Å². The number of rotatable bonds is 1. The molecule has 94 valence electrons. The number of aromatic nitrogens is 4. The van der Waals surface area contributed by atoms with Crippen LogP contribution in [0.25, 0.3) is 11.2 Å². The third-order valence-electron chi connectivity index (χ3n) is 3.64. The molecule has 0 unspecified atom stereocenters. The van der Waals surface area contributed by atoms with Gasteiger partial charge in [-0.15, -0.1) is 0 Å². The highest BCUT2D eigenvalue weighted by Crippen LogP contribution is 2.38. The summed E-state index contributed by atoms with van der Waals surface area (Å²) in [7, 11) is 0. The summed E-state index contributed by atoms with van der Waals surface area (Å²) in [5.74, 6) is 0.903. The van der Waals surface area contributed by atoms with Crippen molar-refractivity contribution in [3.63, 3.8) is 0 Å². The van der Waals surface area contributed by atoms with Crippen molar-refractivity contribution >= 4 is 22.7 Å². The van der Waals surface area contributed by atoms with Crippen LogP contribution in [0.4, 0.5) is 11.5 Å². The van der Waals surface area contributed by atoms with E-state index in [4.69, 9.17) is 0 Å². The molecule has 0 fully saturated rings. The Morgan fingerprint density at radius 3 is 3.05 bits per heavy atom. The largest absolute Gasteiger partial charge is 0.340 e. The quantitative estimate of drug-likeness (QED) is 0.721. The predicted molar refractivity (Wildman–Crippen MR) is 73.4 cm³/mol. The molecule has 4 rings (SSSR count). The number of nitrogens with zero attached hydrogens (tertiary/aromatic N) is 4. The van der Waals surface area contributed by atoms with Crippen LogP contribution in [0, 0.1) is 0 Å². The summed E-state index contributed by atoms with van der Waals surface area (Å²) >= 11 is 0. The Kier molecular flexibility index (Phi) is 2.09. The molecule has 3 heterocycles. The molecule has 1 atom stereocenters. The van der Waals surface area contributed by atoms with Crippen LogP contribution in [-0.2, 0) is 6.42 Å². The summed E-state index contributed by atoms with van der Waals surface area (Å²) in [6, 6.07) is 8.86. The Labute approximate surface area is 110 Å². The normalized spacial score (nSPS) is 17.9. The van der Waals surface area contributed by atoms with Crippen LogP contribution in [0.3, 0.4) is 0 Å². The lowest BCUT2D eigenvalue weighted by Crippen LogP contribution is -2.25. The van der Waals surface area contributed by atoms with E-state index in [-0.39, 0.29) is 0 Å². The molecule has 19 heavy (non-hydrogen) atoms. The smallest absolute Gasteiger partial charge is 0.182 e. The number of fused-ring (bicyclic) bond motifs is 2. The van der Waals surface area contributed by atoms with E-state index in [0.29, 0.717) is 11.7 Å². The standard InChI is InChI=1S/C14H13N5/c1-9-6-10-4-2-3-5-11(10)19(9)14-12-13(16-7-15-12)17-8-18-14/h2-5,7-9H,6H2,1H3,(H,15,16,17,18)/t9-/m0/s1. The number of imidazole rings is 1. The molecule has 0 bridgehead atoms. The summed E-state index contributed by atoms with van der Waals surface area (Å²) in [6.45, 7) is 2.21. The van der Waals surface area contributed by atoms with Crippen molar-refractivity contribution in [1.82, 2.24) is 19.9 Å². The maximum atomic E-state index is 4.45. The fraction of sp³-hybridized carbons (Fsp3) is 0.214. The second kappa shape index (κ2) is 3.78. The number of H-pyrrole nitrogens is 1. The van der Waals surface area contributed by atoms with Crippen LogP contribution < -0.4 is 4.90 Å². The number of hydrogen-bond donors (Lipinski definition) is 1. The molecular formula is C14H13N5. The molecule has 0 saturated carbocycles. The van der Waals surface area contributed by atoms with Gasteiger partial charge in [0.05, 0.1) is 6.33 Å². The van der Waals surface area contributed by atoms with Gasteiger partial charge in [0.15, 0.2) is 11.5 Å². The summed E-state index contributed by atoms with van der Waals surface area (Å²) < 4.78 is 0. The molecule has 0 aliphatic carbocycles. The van der Waals surface area contributed by atoms with E-state index in [2.05, 4.69) is 56.0 Å². The van der Waals surface area contributed by atoms with Crippen molar-refractivity contribution in [1.29, 1.82) is 0 Å². The highest BCUT2D eigenvalue weighted by Gasteiger charge is 2.29. The minimum absolute atomic E-state index is 0.388. The van der Waals surface area contributed by atoms with Gasteiger partial charge < -0.3 is 9.88 Å². The first-order valence-electron chi connectivity index (χ1n) is 6.36. The Morgan fingerprint density at radius 2 is 2.11 bits per heavy atom. The monoisotopic (exact) mass is 251 g/mol. The molecule has 1 aliphatic rings. The van der Waals surface area contributed by atoms with Crippen LogP contribution in [0.2, 0.25) is 0 Å². The van der Waals surface area contributed by atoms with Crippen LogP contribution in [0.1, 0.15) is 12.5 Å². The Bertz CT molecular complexity index is 748. The summed E-state index contributed by atoms with van der Waals surface area (Å²) in [5.41, 5.74) is 4.19. The molecule has 0 radical (unpaired) electrons. The lowest BCUT2D eigenvalue weighted by molar-refractivity contribution is 0.751. The van der Waals surface area contributed by atoms with E-state index >= 15 is 0 Å². The molecular weight excluding hydrogens is 238 g/mol. The number of benzene rings is 1. The minimum Gasteiger partial charge on any atom is -0.340 e. The zero-order chi connectivity index (χ0) is 12.8. The molecule has 0 spiro atoms. The summed E-state index contributed by atoms with van der Waals surface area (Å²) in [5, 5.41) is 0. The van der Waals surface area contributed by atoms with Crippen LogP contribution in [-0.4, -0.2) is 26.0 Å². The number of para-hydroxylation sites is 1. The van der Waals surface area contributed by atoms with Gasteiger partial charge in [-0.1, -0.05) is 18.2 Å². The maximum absolute atomic E-state index is 4.45. The SMILES string of the molecule is C[C@H]1Cc2ccccc2N1c1ncnc2nc[nH]c12. The van der Waals surface area contributed by atoms with Crippen LogP contribution in [0.5, 0.6) is 0 Å². The lowest BCUT2D eigenvalue weighted by Gasteiger charge is -2.23. The highest BCUT2D eigenvalue weighted by molar-refractivity contribution is 5.87. The number of hydrogen-bond acceptors (Lipinski definition) is 4. The van der Waals surface area contributed by atoms with Gasteiger partial charge in [0.2, 0.25) is 0 Å². The molecule has 2 aromatic heterocycles. The fourth-order valence-electron chi connectivity index (χ4n) is 2.82. The van der Waals surface area contributed by atoms with E-state index in [1.807, 2.05) is 0 Å². The molecule has 3 aromatic rings. The first-order chi connectivity index (χ1) is 9.34. The van der Waals surface area contributed by atoms with E-state index in [9.17, 15) is 0 Å². The third kappa shape index (κ3) is 1.44. The van der Waals surface area contributed by atoms with Crippen molar-refractivity contribution < 1.29 is 0 Å². The van der Waals surface area contributed by atoms with Crippen molar-refractivity contribution in [3.8, 4) is 0 Å². The predicted octanol–water partition coefficient (Wildman–Crippen LogP) is 2.44. The van der Waals surface area contributed by atoms with Crippen LogP contribution >= 0.6 is 0 Å². The molecule has 0 saturated heterocycles. The Hall–Kier alpha value is -2.43. The zero-order valence-electron chi connectivity index (χ0n) is 10.5. The van der Waals surface area contributed by atoms with E-state index < -0.39 is 0 Å². The minimum atomic E-state index is 0.388. The Balaban J connectivity index is 1.95. The molecule has 1 aromatic carbocycles. The van der Waals surface area contributed by atoms with Gasteiger partial charge in [0.1, 0.15) is 11.8 Å². The third-order valence-corrected chi connectivity index (χ3v) is 3.64. The van der Waals surface area contributed by atoms with Gasteiger partial charge in [0, 0.05) is 11.7 Å². The van der Waals surface area contributed by atoms with Crippen LogP contribution in [0.15, 0.2) is 36.9 Å². The molecule has 5 nitrogen and oxygen atoms in total.